The number of pyridine rings is 1. The molecule has 0 fully saturated rings. The summed E-state index contributed by atoms with van der Waals surface area (Å²) in [6, 6.07) is 19.0. The van der Waals surface area contributed by atoms with Gasteiger partial charge in [0.05, 0.1) is 11.6 Å². The third-order valence-electron chi connectivity index (χ3n) is 4.64. The Labute approximate surface area is 171 Å². The number of hydrogen-bond donors (Lipinski definition) is 1. The normalized spacial score (nSPS) is 12.0. The number of esters is 1. The van der Waals surface area contributed by atoms with Gasteiger partial charge in [-0.1, -0.05) is 62.4 Å². The smallest absolute Gasteiger partial charge is 0.357 e. The number of benzene rings is 2. The number of rotatable bonds is 7. The standard InChI is InChI=1S/C24H26N2O3/c1-16(2)14-18-8-10-19(11-9-18)17(3)25-23(27)15-29-24(28)22-13-12-20-6-4-5-7-21(20)26-22/h4-13,16-17H,14-15H2,1-3H3,(H,25,27)/t17-/m0/s1. The molecule has 2 aromatic carbocycles. The van der Waals surface area contributed by atoms with Crippen molar-refractivity contribution in [2.45, 2.75) is 33.2 Å². The third-order valence-corrected chi connectivity index (χ3v) is 4.64. The van der Waals surface area contributed by atoms with Crippen LogP contribution >= 0.6 is 0 Å². The number of nitrogens with zero attached hydrogens (tertiary/aromatic N) is 1. The van der Waals surface area contributed by atoms with Crippen LogP contribution in [0.2, 0.25) is 0 Å². The van der Waals surface area contributed by atoms with Gasteiger partial charge in [0.1, 0.15) is 5.69 Å². The number of para-hydroxylation sites is 1. The number of hydrogen-bond acceptors (Lipinski definition) is 4. The fraction of sp³-hybridized carbons (Fsp3) is 0.292. The molecule has 5 nitrogen and oxygen atoms in total. The predicted octanol–water partition coefficient (Wildman–Crippen LogP) is 4.47. The number of amides is 1. The molecule has 3 rings (SSSR count). The van der Waals surface area contributed by atoms with E-state index >= 15 is 0 Å². The van der Waals surface area contributed by atoms with Gasteiger partial charge in [-0.25, -0.2) is 9.78 Å². The second-order valence-electron chi connectivity index (χ2n) is 7.59. The zero-order chi connectivity index (χ0) is 20.8. The lowest BCUT2D eigenvalue weighted by atomic mass is 10.00. The minimum atomic E-state index is -0.614. The Kier molecular flexibility index (Phi) is 6.60. The summed E-state index contributed by atoms with van der Waals surface area (Å²) in [6.07, 6.45) is 1.03. The number of carbonyl (C=O) groups excluding carboxylic acids is 2. The first-order chi connectivity index (χ1) is 13.9. The summed E-state index contributed by atoms with van der Waals surface area (Å²) in [4.78, 5) is 28.7. The number of fused-ring (bicyclic) bond motifs is 1. The van der Waals surface area contributed by atoms with E-state index in [-0.39, 0.29) is 24.2 Å². The average Bonchev–Trinajstić information content (AvgIpc) is 2.71. The van der Waals surface area contributed by atoms with Crippen LogP contribution in [0.25, 0.3) is 10.9 Å². The maximum Gasteiger partial charge on any atom is 0.357 e. The van der Waals surface area contributed by atoms with Crippen molar-refractivity contribution in [3.8, 4) is 0 Å². The van der Waals surface area contributed by atoms with Crippen LogP contribution in [0.3, 0.4) is 0 Å². The van der Waals surface area contributed by atoms with E-state index in [4.69, 9.17) is 4.74 Å². The zero-order valence-electron chi connectivity index (χ0n) is 17.0. The molecule has 29 heavy (non-hydrogen) atoms. The van der Waals surface area contributed by atoms with Gasteiger partial charge in [-0.15, -0.1) is 0 Å². The molecule has 1 atom stereocenters. The number of nitrogens with one attached hydrogen (secondary N) is 1. The van der Waals surface area contributed by atoms with E-state index in [1.807, 2.05) is 49.4 Å². The Morgan fingerprint density at radius 1 is 0.966 bits per heavy atom. The molecule has 1 aromatic heterocycles. The molecule has 0 aliphatic rings. The van der Waals surface area contributed by atoms with Crippen LogP contribution in [0.5, 0.6) is 0 Å². The van der Waals surface area contributed by atoms with E-state index in [2.05, 4.69) is 36.3 Å². The van der Waals surface area contributed by atoms with Crippen molar-refractivity contribution in [2.24, 2.45) is 5.92 Å². The van der Waals surface area contributed by atoms with Crippen molar-refractivity contribution in [1.29, 1.82) is 0 Å². The lowest BCUT2D eigenvalue weighted by molar-refractivity contribution is -0.124. The fourth-order valence-corrected chi connectivity index (χ4v) is 3.17. The first-order valence-electron chi connectivity index (χ1n) is 9.83. The van der Waals surface area contributed by atoms with Crippen molar-refractivity contribution < 1.29 is 14.3 Å². The van der Waals surface area contributed by atoms with Gasteiger partial charge >= 0.3 is 5.97 Å². The van der Waals surface area contributed by atoms with E-state index in [9.17, 15) is 9.59 Å². The molecule has 1 N–H and O–H groups in total. The minimum absolute atomic E-state index is 0.173. The van der Waals surface area contributed by atoms with Gasteiger partial charge in [-0.05, 0) is 42.5 Å². The highest BCUT2D eigenvalue weighted by Gasteiger charge is 2.14. The SMILES string of the molecule is CC(C)Cc1ccc([C@H](C)NC(=O)COC(=O)c2ccc3ccccc3n2)cc1. The number of aromatic nitrogens is 1. The van der Waals surface area contributed by atoms with E-state index < -0.39 is 5.97 Å². The molecule has 0 saturated heterocycles. The Morgan fingerprint density at radius 2 is 1.69 bits per heavy atom. The molecule has 0 radical (unpaired) electrons. The predicted molar refractivity (Wildman–Crippen MR) is 114 cm³/mol. The molecule has 1 amide bonds. The molecule has 5 heteroatoms. The van der Waals surface area contributed by atoms with Gasteiger partial charge in [-0.2, -0.15) is 0 Å². The van der Waals surface area contributed by atoms with E-state index in [1.54, 1.807) is 6.07 Å². The quantitative estimate of drug-likeness (QED) is 0.605. The summed E-state index contributed by atoms with van der Waals surface area (Å²) in [5, 5.41) is 3.80. The summed E-state index contributed by atoms with van der Waals surface area (Å²) in [7, 11) is 0. The van der Waals surface area contributed by atoms with Crippen LogP contribution in [-0.4, -0.2) is 23.5 Å². The largest absolute Gasteiger partial charge is 0.451 e. The Morgan fingerprint density at radius 3 is 2.41 bits per heavy atom. The number of ether oxygens (including phenoxy) is 1. The third kappa shape index (κ3) is 5.64. The molecule has 3 aromatic rings. The Hall–Kier alpha value is -3.21. The van der Waals surface area contributed by atoms with Gasteiger partial charge in [-0.3, -0.25) is 4.79 Å². The molecular formula is C24H26N2O3. The Balaban J connectivity index is 1.52. The lowest BCUT2D eigenvalue weighted by Gasteiger charge is -2.15. The zero-order valence-corrected chi connectivity index (χ0v) is 17.0. The maximum absolute atomic E-state index is 12.2. The summed E-state index contributed by atoms with van der Waals surface area (Å²) >= 11 is 0. The monoisotopic (exact) mass is 390 g/mol. The van der Waals surface area contributed by atoms with E-state index in [0.29, 0.717) is 11.4 Å². The summed E-state index contributed by atoms with van der Waals surface area (Å²) in [5.74, 6) is -0.362. The highest BCUT2D eigenvalue weighted by molar-refractivity contribution is 5.92. The molecule has 1 heterocycles. The van der Waals surface area contributed by atoms with Crippen molar-refractivity contribution in [2.75, 3.05) is 6.61 Å². The van der Waals surface area contributed by atoms with E-state index in [0.717, 1.165) is 17.4 Å². The average molecular weight is 390 g/mol. The van der Waals surface area contributed by atoms with E-state index in [1.165, 1.54) is 5.56 Å². The topological polar surface area (TPSA) is 68.3 Å². The second-order valence-corrected chi connectivity index (χ2v) is 7.59. The van der Waals surface area contributed by atoms with Crippen LogP contribution < -0.4 is 5.32 Å². The molecule has 150 valence electrons. The first kappa shape index (κ1) is 20.5. The molecule has 0 aliphatic carbocycles. The van der Waals surface area contributed by atoms with Crippen LogP contribution in [0.4, 0.5) is 0 Å². The van der Waals surface area contributed by atoms with Crippen LogP contribution in [0.15, 0.2) is 60.7 Å². The molecule has 0 saturated carbocycles. The fourth-order valence-electron chi connectivity index (χ4n) is 3.17. The van der Waals surface area contributed by atoms with Crippen molar-refractivity contribution in [3.05, 3.63) is 77.5 Å². The molecule has 0 bridgehead atoms. The van der Waals surface area contributed by atoms with Gasteiger partial charge < -0.3 is 10.1 Å². The molecule has 0 spiro atoms. The molecule has 0 unspecified atom stereocenters. The summed E-state index contributed by atoms with van der Waals surface area (Å²) in [5.41, 5.74) is 3.18. The van der Waals surface area contributed by atoms with Crippen molar-refractivity contribution in [1.82, 2.24) is 10.3 Å². The van der Waals surface area contributed by atoms with Crippen LogP contribution in [0.1, 0.15) is 48.4 Å². The summed E-state index contributed by atoms with van der Waals surface area (Å²) < 4.78 is 5.12. The maximum atomic E-state index is 12.2. The lowest BCUT2D eigenvalue weighted by Crippen LogP contribution is -2.31. The Bertz CT molecular complexity index is 996. The highest BCUT2D eigenvalue weighted by Crippen LogP contribution is 2.16. The van der Waals surface area contributed by atoms with Gasteiger partial charge in [0.2, 0.25) is 0 Å². The summed E-state index contributed by atoms with van der Waals surface area (Å²) in [6.45, 7) is 5.93. The highest BCUT2D eigenvalue weighted by atomic mass is 16.5. The van der Waals surface area contributed by atoms with Crippen LogP contribution in [0, 0.1) is 5.92 Å². The second kappa shape index (κ2) is 9.32. The van der Waals surface area contributed by atoms with Gasteiger partial charge in [0.25, 0.3) is 5.91 Å². The van der Waals surface area contributed by atoms with Crippen LogP contribution in [-0.2, 0) is 16.0 Å². The molecule has 0 aliphatic heterocycles. The molecular weight excluding hydrogens is 364 g/mol. The first-order valence-corrected chi connectivity index (χ1v) is 9.83. The van der Waals surface area contributed by atoms with Gasteiger partial charge in [0, 0.05) is 5.39 Å². The minimum Gasteiger partial charge on any atom is -0.451 e. The van der Waals surface area contributed by atoms with Crippen molar-refractivity contribution in [3.63, 3.8) is 0 Å². The van der Waals surface area contributed by atoms with Crippen molar-refractivity contribution >= 4 is 22.8 Å². The van der Waals surface area contributed by atoms with Gasteiger partial charge in [0.15, 0.2) is 6.61 Å². The number of carbonyl (C=O) groups is 2.